The van der Waals surface area contributed by atoms with Gasteiger partial charge in [-0.05, 0) is 34.1 Å². The van der Waals surface area contributed by atoms with Crippen LogP contribution < -0.4 is 0 Å². The molecule has 0 saturated heterocycles. The quantitative estimate of drug-likeness (QED) is 0.468. The van der Waals surface area contributed by atoms with Gasteiger partial charge in [-0.25, -0.2) is 4.39 Å². The van der Waals surface area contributed by atoms with Crippen LogP contribution >= 0.6 is 0 Å². The molecule has 0 radical (unpaired) electrons. The van der Waals surface area contributed by atoms with Crippen LogP contribution in [0.2, 0.25) is 0 Å². The van der Waals surface area contributed by atoms with E-state index in [1.807, 2.05) is 27.7 Å². The minimum Gasteiger partial charge on any atom is -0.217 e. The number of rotatable bonds is 4. The average Bonchev–Trinajstić information content (AvgIpc) is 1.97. The highest BCUT2D eigenvalue weighted by atomic mass is 19.1. The van der Waals surface area contributed by atoms with Crippen molar-refractivity contribution in [3.63, 3.8) is 0 Å². The van der Waals surface area contributed by atoms with E-state index >= 15 is 0 Å². The Hall–Kier alpha value is -0.470. The first-order valence-corrected chi connectivity index (χ1v) is 4.90. The maximum Gasteiger partial charge on any atom is 0.216 e. The van der Waals surface area contributed by atoms with E-state index in [0.717, 1.165) is 12.8 Å². The van der Waals surface area contributed by atoms with Gasteiger partial charge in [0.1, 0.15) is 0 Å². The van der Waals surface area contributed by atoms with Crippen LogP contribution in [-0.2, 0) is 0 Å². The maximum absolute atomic E-state index is 13.5. The highest BCUT2D eigenvalue weighted by Crippen LogP contribution is 2.22. The molecule has 0 amide bonds. The second-order valence-electron chi connectivity index (χ2n) is 4.62. The van der Waals surface area contributed by atoms with Gasteiger partial charge in [0.15, 0.2) is 0 Å². The molecule has 0 saturated carbocycles. The molecule has 0 heterocycles. The van der Waals surface area contributed by atoms with E-state index < -0.39 is 5.79 Å². The van der Waals surface area contributed by atoms with Crippen molar-refractivity contribution in [3.8, 4) is 0 Å². The van der Waals surface area contributed by atoms with Crippen LogP contribution in [0.3, 0.4) is 0 Å². The maximum atomic E-state index is 13.5. The van der Waals surface area contributed by atoms with Crippen molar-refractivity contribution in [1.29, 1.82) is 0 Å². The van der Waals surface area contributed by atoms with Crippen molar-refractivity contribution in [1.82, 2.24) is 0 Å². The third-order valence-corrected chi connectivity index (χ3v) is 1.55. The fourth-order valence-corrected chi connectivity index (χ4v) is 0.804. The zero-order valence-electron chi connectivity index (χ0n) is 9.39. The number of unbranched alkanes of at least 4 members (excludes halogenated alkanes) is 1. The van der Waals surface area contributed by atoms with Crippen LogP contribution in [0.25, 0.3) is 0 Å². The fraction of sp³-hybridized carbons (Fsp3) is 1.00. The molecule has 0 spiro atoms. The van der Waals surface area contributed by atoms with Crippen LogP contribution in [0.5, 0.6) is 0 Å². The van der Waals surface area contributed by atoms with Gasteiger partial charge >= 0.3 is 0 Å². The Bertz CT molecular complexity index is 168. The third-order valence-electron chi connectivity index (χ3n) is 1.55. The van der Waals surface area contributed by atoms with Crippen LogP contribution in [0, 0.1) is 0 Å². The lowest BCUT2D eigenvalue weighted by Crippen LogP contribution is -2.17. The Balaban J connectivity index is 4.08. The Morgan fingerprint density at radius 3 is 2.00 bits per heavy atom. The Morgan fingerprint density at radius 2 is 1.62 bits per heavy atom. The van der Waals surface area contributed by atoms with Gasteiger partial charge < -0.3 is 0 Å². The Morgan fingerprint density at radius 1 is 1.08 bits per heavy atom. The predicted molar refractivity (Wildman–Crippen MR) is 53.6 cm³/mol. The zero-order chi connectivity index (χ0) is 10.5. The van der Waals surface area contributed by atoms with Gasteiger partial charge in [0.25, 0.3) is 0 Å². The summed E-state index contributed by atoms with van der Waals surface area (Å²) in [5.41, 5.74) is -0.278. The highest BCUT2D eigenvalue weighted by molar-refractivity contribution is 4.72. The monoisotopic (exact) mass is 188 g/mol. The lowest BCUT2D eigenvalue weighted by molar-refractivity contribution is 0.166. The minimum atomic E-state index is -1.48. The van der Waals surface area contributed by atoms with Gasteiger partial charge in [0.2, 0.25) is 5.79 Å². The molecule has 0 bridgehead atoms. The van der Waals surface area contributed by atoms with Crippen LogP contribution in [0.15, 0.2) is 10.2 Å². The van der Waals surface area contributed by atoms with Gasteiger partial charge in [0.05, 0.1) is 5.54 Å². The molecule has 3 heteroatoms. The smallest absolute Gasteiger partial charge is 0.216 e. The van der Waals surface area contributed by atoms with Crippen LogP contribution in [0.4, 0.5) is 4.39 Å². The van der Waals surface area contributed by atoms with E-state index in [4.69, 9.17) is 0 Å². The minimum absolute atomic E-state index is 0.278. The average molecular weight is 188 g/mol. The van der Waals surface area contributed by atoms with E-state index in [-0.39, 0.29) is 5.54 Å². The first-order chi connectivity index (χ1) is 5.77. The third kappa shape index (κ3) is 7.88. The molecular formula is C10H21FN2. The van der Waals surface area contributed by atoms with E-state index in [9.17, 15) is 4.39 Å². The summed E-state index contributed by atoms with van der Waals surface area (Å²) in [7, 11) is 0. The topological polar surface area (TPSA) is 24.7 Å². The molecule has 2 nitrogen and oxygen atoms in total. The van der Waals surface area contributed by atoms with Crippen molar-refractivity contribution in [2.75, 3.05) is 0 Å². The van der Waals surface area contributed by atoms with Crippen molar-refractivity contribution in [2.45, 2.75) is 65.2 Å². The largest absolute Gasteiger partial charge is 0.217 e. The number of nitrogens with zero attached hydrogens (tertiary/aromatic N) is 2. The molecule has 1 atom stereocenters. The van der Waals surface area contributed by atoms with E-state index in [2.05, 4.69) is 10.2 Å². The summed E-state index contributed by atoms with van der Waals surface area (Å²) in [5, 5.41) is 7.65. The van der Waals surface area contributed by atoms with Crippen molar-refractivity contribution < 1.29 is 4.39 Å². The molecular weight excluding hydrogens is 167 g/mol. The number of hydrogen-bond donors (Lipinski definition) is 0. The molecule has 0 rings (SSSR count). The Kier molecular flexibility index (Phi) is 4.51. The van der Waals surface area contributed by atoms with Gasteiger partial charge in [-0.2, -0.15) is 10.2 Å². The first kappa shape index (κ1) is 12.5. The molecule has 1 unspecified atom stereocenters. The molecule has 0 aromatic carbocycles. The summed E-state index contributed by atoms with van der Waals surface area (Å²) < 4.78 is 13.5. The van der Waals surface area contributed by atoms with E-state index in [0.29, 0.717) is 6.42 Å². The number of halogens is 1. The number of azo groups is 1. The lowest BCUT2D eigenvalue weighted by atomic mass is 10.1. The van der Waals surface area contributed by atoms with Crippen LogP contribution in [-0.4, -0.2) is 11.3 Å². The molecule has 0 N–H and O–H groups in total. The van der Waals surface area contributed by atoms with Gasteiger partial charge in [0, 0.05) is 6.42 Å². The number of alkyl halides is 1. The molecule has 0 aromatic rings. The predicted octanol–water partition coefficient (Wildman–Crippen LogP) is 4.11. The Labute approximate surface area is 80.6 Å². The molecule has 0 aliphatic rings. The van der Waals surface area contributed by atoms with E-state index in [1.54, 1.807) is 0 Å². The summed E-state index contributed by atoms with van der Waals surface area (Å²) in [4.78, 5) is 0. The standard InChI is InChI=1S/C10H21FN2/c1-6-7-8-10(5,11)13-12-9(2,3)4/h6-8H2,1-5H3/b13-12+. The van der Waals surface area contributed by atoms with Gasteiger partial charge in [-0.1, -0.05) is 13.3 Å². The number of hydrogen-bond acceptors (Lipinski definition) is 2. The van der Waals surface area contributed by atoms with Gasteiger partial charge in [-0.3, -0.25) is 0 Å². The van der Waals surface area contributed by atoms with Crippen molar-refractivity contribution >= 4 is 0 Å². The molecule has 0 fully saturated rings. The summed E-state index contributed by atoms with van der Waals surface area (Å²) in [6.45, 7) is 9.25. The summed E-state index contributed by atoms with van der Waals surface area (Å²) in [6, 6.07) is 0. The molecule has 78 valence electrons. The second-order valence-corrected chi connectivity index (χ2v) is 4.62. The molecule has 0 aromatic heterocycles. The molecule has 0 aliphatic carbocycles. The fourth-order valence-electron chi connectivity index (χ4n) is 0.804. The lowest BCUT2D eigenvalue weighted by Gasteiger charge is -2.16. The highest BCUT2D eigenvalue weighted by Gasteiger charge is 2.22. The van der Waals surface area contributed by atoms with Crippen molar-refractivity contribution in [2.24, 2.45) is 10.2 Å². The zero-order valence-corrected chi connectivity index (χ0v) is 9.39. The molecule has 0 aliphatic heterocycles. The summed E-state index contributed by atoms with van der Waals surface area (Å²) in [6.07, 6.45) is 2.31. The van der Waals surface area contributed by atoms with Crippen molar-refractivity contribution in [3.05, 3.63) is 0 Å². The first-order valence-electron chi connectivity index (χ1n) is 4.90. The van der Waals surface area contributed by atoms with Gasteiger partial charge in [-0.15, -0.1) is 0 Å². The summed E-state index contributed by atoms with van der Waals surface area (Å²) in [5.74, 6) is -1.48. The normalized spacial score (nSPS) is 17.7. The molecule has 13 heavy (non-hydrogen) atoms. The second kappa shape index (κ2) is 4.68. The SMILES string of the molecule is CCCCC(C)(F)/N=N/C(C)(C)C. The summed E-state index contributed by atoms with van der Waals surface area (Å²) >= 11 is 0. The van der Waals surface area contributed by atoms with Crippen LogP contribution in [0.1, 0.15) is 53.9 Å². The van der Waals surface area contributed by atoms with E-state index in [1.165, 1.54) is 6.92 Å².